The number of fused-ring (bicyclic) bond motifs is 1. The number of aromatic amines is 1. The molecule has 118 valence electrons. The number of aromatic nitrogens is 2. The first-order valence-corrected chi connectivity index (χ1v) is 7.67. The number of H-pyrrole nitrogens is 1. The molecule has 0 aliphatic heterocycles. The minimum absolute atomic E-state index is 0.157. The van der Waals surface area contributed by atoms with Gasteiger partial charge in [-0.25, -0.2) is 9.18 Å². The van der Waals surface area contributed by atoms with Gasteiger partial charge in [0.25, 0.3) is 0 Å². The predicted molar refractivity (Wildman–Crippen MR) is 90.0 cm³/mol. The Labute approximate surface area is 139 Å². The van der Waals surface area contributed by atoms with E-state index in [-0.39, 0.29) is 12.5 Å². The fourth-order valence-corrected chi connectivity index (χ4v) is 2.69. The third kappa shape index (κ3) is 3.19. The van der Waals surface area contributed by atoms with E-state index >= 15 is 0 Å². The molecule has 0 unspecified atom stereocenters. The van der Waals surface area contributed by atoms with Gasteiger partial charge in [-0.15, -0.1) is 0 Å². The van der Waals surface area contributed by atoms with Crippen molar-refractivity contribution in [2.75, 3.05) is 5.32 Å². The summed E-state index contributed by atoms with van der Waals surface area (Å²) in [6.07, 6.45) is 0. The highest BCUT2D eigenvalue weighted by Crippen LogP contribution is 2.20. The van der Waals surface area contributed by atoms with E-state index in [4.69, 9.17) is 0 Å². The Kier molecular flexibility index (Phi) is 4.04. The Hall–Kier alpha value is -2.41. The SMILES string of the molecule is Cc1ccc(NC(=O)Cn2c(=O)[nH]c3cc(F)ccc32)cc1Br. The van der Waals surface area contributed by atoms with Crippen molar-refractivity contribution in [3.05, 3.63) is 62.7 Å². The van der Waals surface area contributed by atoms with Crippen LogP contribution in [-0.2, 0) is 11.3 Å². The summed E-state index contributed by atoms with van der Waals surface area (Å²) in [5.41, 5.74) is 2.08. The number of benzene rings is 2. The molecule has 2 N–H and O–H groups in total. The van der Waals surface area contributed by atoms with Gasteiger partial charge in [-0.2, -0.15) is 0 Å². The second-order valence-corrected chi connectivity index (χ2v) is 6.04. The molecule has 0 bridgehead atoms. The van der Waals surface area contributed by atoms with E-state index in [9.17, 15) is 14.0 Å². The molecule has 1 heterocycles. The first kappa shape index (κ1) is 15.5. The van der Waals surface area contributed by atoms with Gasteiger partial charge in [0.2, 0.25) is 5.91 Å². The summed E-state index contributed by atoms with van der Waals surface area (Å²) in [6.45, 7) is 1.79. The van der Waals surface area contributed by atoms with Crippen LogP contribution >= 0.6 is 15.9 Å². The molecule has 1 amide bonds. The Balaban J connectivity index is 1.84. The molecule has 5 nitrogen and oxygen atoms in total. The van der Waals surface area contributed by atoms with Crippen LogP contribution in [0.1, 0.15) is 5.56 Å². The largest absolute Gasteiger partial charge is 0.326 e. The second-order valence-electron chi connectivity index (χ2n) is 5.19. The van der Waals surface area contributed by atoms with Crippen LogP contribution in [0.5, 0.6) is 0 Å². The number of aryl methyl sites for hydroxylation is 1. The van der Waals surface area contributed by atoms with Crippen molar-refractivity contribution in [1.82, 2.24) is 9.55 Å². The van der Waals surface area contributed by atoms with Crippen LogP contribution in [0.4, 0.5) is 10.1 Å². The number of carbonyl (C=O) groups is 1. The molecule has 0 radical (unpaired) electrons. The second kappa shape index (κ2) is 6.00. The smallest absolute Gasteiger partial charge is 0.324 e. The van der Waals surface area contributed by atoms with Crippen LogP contribution in [0.15, 0.2) is 45.7 Å². The lowest BCUT2D eigenvalue weighted by atomic mass is 10.2. The number of nitrogens with zero attached hydrogens (tertiary/aromatic N) is 1. The predicted octanol–water partition coefficient (Wildman–Crippen LogP) is 3.18. The number of nitrogens with one attached hydrogen (secondary N) is 2. The molecule has 0 fully saturated rings. The van der Waals surface area contributed by atoms with Crippen molar-refractivity contribution in [2.24, 2.45) is 0 Å². The lowest BCUT2D eigenvalue weighted by molar-refractivity contribution is -0.116. The van der Waals surface area contributed by atoms with E-state index in [0.29, 0.717) is 16.7 Å². The van der Waals surface area contributed by atoms with Crippen LogP contribution in [0, 0.1) is 12.7 Å². The number of halogens is 2. The van der Waals surface area contributed by atoms with Gasteiger partial charge in [-0.1, -0.05) is 22.0 Å². The molecule has 1 aromatic heterocycles. The molecule has 23 heavy (non-hydrogen) atoms. The average Bonchev–Trinajstić information content (AvgIpc) is 2.78. The molecule has 0 aliphatic rings. The number of carbonyl (C=O) groups excluding carboxylic acids is 1. The van der Waals surface area contributed by atoms with E-state index in [0.717, 1.165) is 10.0 Å². The molecule has 0 saturated heterocycles. The molecule has 3 aromatic rings. The quantitative estimate of drug-likeness (QED) is 0.735. The summed E-state index contributed by atoms with van der Waals surface area (Å²) in [6, 6.07) is 9.40. The van der Waals surface area contributed by atoms with Crippen molar-refractivity contribution in [2.45, 2.75) is 13.5 Å². The van der Waals surface area contributed by atoms with E-state index in [1.54, 1.807) is 12.1 Å². The van der Waals surface area contributed by atoms with Gasteiger partial charge in [0, 0.05) is 10.2 Å². The Morgan fingerprint density at radius 2 is 2.09 bits per heavy atom. The first-order valence-electron chi connectivity index (χ1n) is 6.88. The highest BCUT2D eigenvalue weighted by molar-refractivity contribution is 9.10. The number of anilines is 1. The van der Waals surface area contributed by atoms with E-state index in [1.807, 2.05) is 13.0 Å². The molecule has 0 aliphatic carbocycles. The van der Waals surface area contributed by atoms with Crippen molar-refractivity contribution >= 4 is 38.6 Å². The van der Waals surface area contributed by atoms with Crippen LogP contribution < -0.4 is 11.0 Å². The minimum atomic E-state index is -0.453. The normalized spacial score (nSPS) is 10.9. The van der Waals surface area contributed by atoms with Crippen LogP contribution in [0.3, 0.4) is 0 Å². The van der Waals surface area contributed by atoms with Gasteiger partial charge in [-0.3, -0.25) is 9.36 Å². The number of imidazole rings is 1. The van der Waals surface area contributed by atoms with Gasteiger partial charge < -0.3 is 10.3 Å². The maximum absolute atomic E-state index is 13.2. The van der Waals surface area contributed by atoms with Gasteiger partial charge in [0.1, 0.15) is 12.4 Å². The number of hydrogen-bond donors (Lipinski definition) is 2. The van der Waals surface area contributed by atoms with Crippen LogP contribution in [0.25, 0.3) is 11.0 Å². The van der Waals surface area contributed by atoms with Gasteiger partial charge >= 0.3 is 5.69 Å². The number of hydrogen-bond acceptors (Lipinski definition) is 2. The van der Waals surface area contributed by atoms with E-state index in [1.165, 1.54) is 22.8 Å². The third-order valence-electron chi connectivity index (χ3n) is 3.49. The first-order chi connectivity index (χ1) is 10.9. The molecular formula is C16H13BrFN3O2. The molecule has 0 spiro atoms. The zero-order valence-corrected chi connectivity index (χ0v) is 13.8. The molecule has 2 aromatic carbocycles. The molecule has 0 atom stereocenters. The zero-order valence-electron chi connectivity index (χ0n) is 12.2. The minimum Gasteiger partial charge on any atom is -0.324 e. The van der Waals surface area contributed by atoms with E-state index in [2.05, 4.69) is 26.2 Å². The summed E-state index contributed by atoms with van der Waals surface area (Å²) in [4.78, 5) is 26.6. The molecule has 7 heteroatoms. The summed E-state index contributed by atoms with van der Waals surface area (Å²) < 4.78 is 15.3. The standard InChI is InChI=1S/C16H13BrFN3O2/c1-9-2-4-11(7-12(9)17)19-15(22)8-21-14-5-3-10(18)6-13(14)20-16(21)23/h2-7H,8H2,1H3,(H,19,22)(H,20,23). The van der Waals surface area contributed by atoms with Gasteiger partial charge in [0.15, 0.2) is 0 Å². The van der Waals surface area contributed by atoms with Crippen molar-refractivity contribution in [3.63, 3.8) is 0 Å². The molecule has 0 saturated carbocycles. The highest BCUT2D eigenvalue weighted by Gasteiger charge is 2.11. The molecule has 3 rings (SSSR count). The Bertz CT molecular complexity index is 962. The monoisotopic (exact) mass is 377 g/mol. The summed E-state index contributed by atoms with van der Waals surface area (Å²) in [5.74, 6) is -0.784. The topological polar surface area (TPSA) is 66.9 Å². The van der Waals surface area contributed by atoms with Gasteiger partial charge in [-0.05, 0) is 42.8 Å². The van der Waals surface area contributed by atoms with Crippen molar-refractivity contribution in [1.29, 1.82) is 0 Å². The average molecular weight is 378 g/mol. The maximum atomic E-state index is 13.2. The molecular weight excluding hydrogens is 365 g/mol. The van der Waals surface area contributed by atoms with Crippen LogP contribution in [-0.4, -0.2) is 15.5 Å². The lowest BCUT2D eigenvalue weighted by Crippen LogP contribution is -2.25. The zero-order chi connectivity index (χ0) is 16.6. The lowest BCUT2D eigenvalue weighted by Gasteiger charge is -2.08. The Morgan fingerprint density at radius 1 is 1.30 bits per heavy atom. The van der Waals surface area contributed by atoms with E-state index < -0.39 is 11.5 Å². The fourth-order valence-electron chi connectivity index (χ4n) is 2.31. The number of amides is 1. The fraction of sp³-hybridized carbons (Fsp3) is 0.125. The number of rotatable bonds is 3. The van der Waals surface area contributed by atoms with Crippen molar-refractivity contribution < 1.29 is 9.18 Å². The summed E-state index contributed by atoms with van der Waals surface area (Å²) in [7, 11) is 0. The summed E-state index contributed by atoms with van der Waals surface area (Å²) >= 11 is 3.40. The Morgan fingerprint density at radius 3 is 2.83 bits per heavy atom. The maximum Gasteiger partial charge on any atom is 0.326 e. The highest BCUT2D eigenvalue weighted by atomic mass is 79.9. The van der Waals surface area contributed by atoms with Crippen LogP contribution in [0.2, 0.25) is 0 Å². The third-order valence-corrected chi connectivity index (χ3v) is 4.35. The van der Waals surface area contributed by atoms with Gasteiger partial charge in [0.05, 0.1) is 11.0 Å². The summed E-state index contributed by atoms with van der Waals surface area (Å²) in [5, 5.41) is 2.73. The van der Waals surface area contributed by atoms with Crippen molar-refractivity contribution in [3.8, 4) is 0 Å².